The zero-order chi connectivity index (χ0) is 11.8. The first kappa shape index (κ1) is 14.0. The highest BCUT2D eigenvalue weighted by atomic mass is 15.6. The Morgan fingerprint density at radius 2 is 1.80 bits per heavy atom. The largest absolute Gasteiger partial charge is 0.279 e. The van der Waals surface area contributed by atoms with Crippen molar-refractivity contribution < 1.29 is 4.57 Å². The van der Waals surface area contributed by atoms with Crippen molar-refractivity contribution in [3.63, 3.8) is 0 Å². The van der Waals surface area contributed by atoms with Crippen LogP contribution >= 0.6 is 0 Å². The van der Waals surface area contributed by atoms with Crippen LogP contribution in [-0.4, -0.2) is 18.3 Å². The van der Waals surface area contributed by atoms with Gasteiger partial charge in [-0.2, -0.15) is 0 Å². The number of hydrogen-bond acceptors (Lipinski definition) is 1. The molecule has 15 heavy (non-hydrogen) atoms. The minimum atomic E-state index is 1.17. The van der Waals surface area contributed by atoms with E-state index in [0.717, 1.165) is 0 Å². The number of nitrogens with zero attached hydrogens (tertiary/aromatic N) is 3. The van der Waals surface area contributed by atoms with E-state index < -0.39 is 0 Å². The van der Waals surface area contributed by atoms with Crippen molar-refractivity contribution in [2.24, 2.45) is 7.05 Å². The van der Waals surface area contributed by atoms with Crippen molar-refractivity contribution in [2.45, 2.75) is 40.5 Å². The van der Waals surface area contributed by atoms with E-state index in [2.05, 4.69) is 40.7 Å². The lowest BCUT2D eigenvalue weighted by molar-refractivity contribution is -0.679. The summed E-state index contributed by atoms with van der Waals surface area (Å²) in [5.74, 6) is 1.40. The molecule has 88 valence electrons. The molecule has 0 bridgehead atoms. The zero-order valence-corrected chi connectivity index (χ0v) is 11.1. The summed E-state index contributed by atoms with van der Waals surface area (Å²) in [6.45, 7) is 9.17. The summed E-state index contributed by atoms with van der Waals surface area (Å²) in [4.78, 5) is 0. The van der Waals surface area contributed by atoms with Crippen molar-refractivity contribution in [1.29, 1.82) is 0 Å². The van der Waals surface area contributed by atoms with Gasteiger partial charge < -0.3 is 0 Å². The van der Waals surface area contributed by atoms with E-state index >= 15 is 0 Å². The van der Waals surface area contributed by atoms with Gasteiger partial charge in [0.05, 0.1) is 20.0 Å². The molecule has 0 saturated carbocycles. The smallest absolute Gasteiger partial charge is 0.247 e. The average Bonchev–Trinajstić information content (AvgIpc) is 2.68. The van der Waals surface area contributed by atoms with Crippen LogP contribution in [0.2, 0.25) is 0 Å². The number of imidazole rings is 1. The fourth-order valence-corrected chi connectivity index (χ4v) is 1.67. The van der Waals surface area contributed by atoms with Gasteiger partial charge in [-0.05, 0) is 6.42 Å². The van der Waals surface area contributed by atoms with Gasteiger partial charge in [-0.25, -0.2) is 9.58 Å². The molecule has 0 unspecified atom stereocenters. The van der Waals surface area contributed by atoms with E-state index in [9.17, 15) is 0 Å². The summed E-state index contributed by atoms with van der Waals surface area (Å²) in [5.41, 5.74) is 0. The second-order valence-corrected chi connectivity index (χ2v) is 3.15. The van der Waals surface area contributed by atoms with Gasteiger partial charge in [-0.15, -0.1) is 4.68 Å². The summed E-state index contributed by atoms with van der Waals surface area (Å²) in [5, 5.41) is 2.25. The van der Waals surface area contributed by atoms with Gasteiger partial charge in [0, 0.05) is 7.05 Å². The number of aryl methyl sites for hydroxylation is 1. The Hall–Kier alpha value is -0.990. The molecule has 0 atom stereocenters. The standard InChI is InChI=1S/C8H14N3.2C2H6/c1-9-6-7-11-8(9)4-3-5-10(11)2;2*1-2/h6-7H,3-5H2,1-2H3;2*1-2H3/q+1;;. The quantitative estimate of drug-likeness (QED) is 0.598. The lowest BCUT2D eigenvalue weighted by atomic mass is 10.2. The van der Waals surface area contributed by atoms with E-state index in [1.54, 1.807) is 0 Å². The predicted molar refractivity (Wildman–Crippen MR) is 65.6 cm³/mol. The molecular weight excluding hydrogens is 186 g/mol. The van der Waals surface area contributed by atoms with Crippen molar-refractivity contribution in [1.82, 2.24) is 4.68 Å². The number of rotatable bonds is 0. The van der Waals surface area contributed by atoms with E-state index in [0.29, 0.717) is 0 Å². The number of fused-ring (bicyclic) bond motifs is 1. The highest BCUT2D eigenvalue weighted by Crippen LogP contribution is 2.06. The van der Waals surface area contributed by atoms with Crippen molar-refractivity contribution in [3.8, 4) is 0 Å². The molecule has 0 saturated heterocycles. The van der Waals surface area contributed by atoms with E-state index in [-0.39, 0.29) is 0 Å². The first-order valence-electron chi connectivity index (χ1n) is 6.06. The first-order valence-corrected chi connectivity index (χ1v) is 6.06. The molecular formula is C12H26N3+. The topological polar surface area (TPSA) is 12.1 Å². The molecule has 1 aromatic rings. The summed E-state index contributed by atoms with van der Waals surface area (Å²) in [6.07, 6.45) is 6.70. The maximum atomic E-state index is 2.25. The molecule has 3 heteroatoms. The molecule has 1 aliphatic rings. The van der Waals surface area contributed by atoms with Gasteiger partial charge in [-0.3, -0.25) is 0 Å². The first-order chi connectivity index (χ1) is 7.29. The van der Waals surface area contributed by atoms with Gasteiger partial charge >= 0.3 is 0 Å². The van der Waals surface area contributed by atoms with Crippen LogP contribution in [0.1, 0.15) is 39.9 Å². The molecule has 0 amide bonds. The molecule has 2 rings (SSSR count). The number of aromatic nitrogens is 2. The normalized spacial score (nSPS) is 13.1. The number of hydrogen-bond donors (Lipinski definition) is 0. The van der Waals surface area contributed by atoms with Crippen LogP contribution < -0.4 is 9.58 Å². The Morgan fingerprint density at radius 3 is 2.33 bits per heavy atom. The summed E-state index contributed by atoms with van der Waals surface area (Å²) < 4.78 is 4.42. The SMILES string of the molecule is CC.CC.CN1CCCc2n1cc[n+]2C. The molecule has 0 N–H and O–H groups in total. The van der Waals surface area contributed by atoms with Gasteiger partial charge in [0.25, 0.3) is 5.82 Å². The van der Waals surface area contributed by atoms with E-state index in [1.165, 1.54) is 25.2 Å². The Balaban J connectivity index is 0.000000442. The lowest BCUT2D eigenvalue weighted by Crippen LogP contribution is -2.42. The van der Waals surface area contributed by atoms with Gasteiger partial charge in [0.1, 0.15) is 6.20 Å². The van der Waals surface area contributed by atoms with Crippen LogP contribution in [0.3, 0.4) is 0 Å². The second-order valence-electron chi connectivity index (χ2n) is 3.15. The van der Waals surface area contributed by atoms with E-state index in [4.69, 9.17) is 0 Å². The van der Waals surface area contributed by atoms with Gasteiger partial charge in [0.2, 0.25) is 0 Å². The third-order valence-corrected chi connectivity index (χ3v) is 2.35. The minimum absolute atomic E-state index is 1.17. The van der Waals surface area contributed by atoms with Crippen LogP contribution in [0.25, 0.3) is 0 Å². The fraction of sp³-hybridized carbons (Fsp3) is 0.750. The molecule has 0 aromatic carbocycles. The zero-order valence-electron chi connectivity index (χ0n) is 11.1. The van der Waals surface area contributed by atoms with Crippen LogP contribution in [0.5, 0.6) is 0 Å². The molecule has 0 radical (unpaired) electrons. The monoisotopic (exact) mass is 212 g/mol. The Kier molecular flexibility index (Phi) is 6.84. The molecule has 3 nitrogen and oxygen atoms in total. The Morgan fingerprint density at radius 1 is 1.20 bits per heavy atom. The van der Waals surface area contributed by atoms with Crippen LogP contribution in [-0.2, 0) is 13.5 Å². The lowest BCUT2D eigenvalue weighted by Gasteiger charge is -2.20. The minimum Gasteiger partial charge on any atom is -0.247 e. The van der Waals surface area contributed by atoms with Crippen molar-refractivity contribution in [2.75, 3.05) is 18.6 Å². The van der Waals surface area contributed by atoms with Crippen LogP contribution in [0.4, 0.5) is 0 Å². The predicted octanol–water partition coefficient (Wildman–Crippen LogP) is 1.88. The Bertz CT molecular complexity index is 266. The third kappa shape index (κ3) is 3.26. The highest BCUT2D eigenvalue weighted by molar-refractivity contribution is 4.96. The molecule has 0 fully saturated rings. The molecule has 1 aliphatic heterocycles. The highest BCUT2D eigenvalue weighted by Gasteiger charge is 2.21. The fourth-order valence-electron chi connectivity index (χ4n) is 1.67. The molecule has 1 aromatic heterocycles. The van der Waals surface area contributed by atoms with Crippen LogP contribution in [0.15, 0.2) is 12.4 Å². The molecule has 0 aliphatic carbocycles. The summed E-state index contributed by atoms with van der Waals surface area (Å²) in [6, 6.07) is 0. The van der Waals surface area contributed by atoms with E-state index in [1.807, 2.05) is 27.7 Å². The molecule has 0 spiro atoms. The maximum Gasteiger partial charge on any atom is 0.279 e. The van der Waals surface area contributed by atoms with Crippen LogP contribution in [0, 0.1) is 0 Å². The second kappa shape index (κ2) is 7.32. The third-order valence-electron chi connectivity index (χ3n) is 2.35. The van der Waals surface area contributed by atoms with Gasteiger partial charge in [-0.1, -0.05) is 27.7 Å². The maximum absolute atomic E-state index is 2.25. The van der Waals surface area contributed by atoms with Crippen molar-refractivity contribution >= 4 is 0 Å². The summed E-state index contributed by atoms with van der Waals surface area (Å²) >= 11 is 0. The van der Waals surface area contributed by atoms with Gasteiger partial charge in [0.15, 0.2) is 6.20 Å². The average molecular weight is 212 g/mol. The summed E-state index contributed by atoms with van der Waals surface area (Å²) in [7, 11) is 4.23. The molecule has 2 heterocycles. The Labute approximate surface area is 94.3 Å². The van der Waals surface area contributed by atoms with Crippen molar-refractivity contribution in [3.05, 3.63) is 18.2 Å².